The van der Waals surface area contributed by atoms with Gasteiger partial charge in [0.25, 0.3) is 10.1 Å². The fraction of sp³-hybridized carbons (Fsp3) is 0.300. The lowest BCUT2D eigenvalue weighted by Gasteiger charge is -2.29. The smallest absolute Gasteiger partial charge is 0.297 e. The molecule has 0 spiro atoms. The van der Waals surface area contributed by atoms with Crippen LogP contribution in [0.4, 0.5) is 0 Å². The summed E-state index contributed by atoms with van der Waals surface area (Å²) in [4.78, 5) is 3.98. The van der Waals surface area contributed by atoms with Crippen molar-refractivity contribution < 1.29 is 22.1 Å². The molecule has 2 aromatic carbocycles. The van der Waals surface area contributed by atoms with Gasteiger partial charge in [0.2, 0.25) is 5.79 Å². The maximum absolute atomic E-state index is 12.5. The zero-order valence-corrected chi connectivity index (χ0v) is 19.0. The lowest BCUT2D eigenvalue weighted by molar-refractivity contribution is -0.189. The summed E-state index contributed by atoms with van der Waals surface area (Å²) in [5.74, 6) is -1.34. The first-order chi connectivity index (χ1) is 14.7. The van der Waals surface area contributed by atoms with Crippen molar-refractivity contribution in [1.29, 1.82) is 0 Å². The molecule has 1 aliphatic rings. The van der Waals surface area contributed by atoms with Crippen LogP contribution in [-0.2, 0) is 36.1 Å². The van der Waals surface area contributed by atoms with E-state index < -0.39 is 22.0 Å². The predicted molar refractivity (Wildman–Crippen MR) is 113 cm³/mol. The van der Waals surface area contributed by atoms with Gasteiger partial charge in [-0.15, -0.1) is 0 Å². The van der Waals surface area contributed by atoms with Gasteiger partial charge >= 0.3 is 0 Å². The molecule has 4 rings (SSSR count). The third-order valence-electron chi connectivity index (χ3n) is 4.98. The molecule has 2 heterocycles. The fourth-order valence-corrected chi connectivity index (χ4v) is 4.98. The van der Waals surface area contributed by atoms with E-state index in [4.69, 9.17) is 36.9 Å². The van der Waals surface area contributed by atoms with Crippen molar-refractivity contribution in [1.82, 2.24) is 14.8 Å². The van der Waals surface area contributed by atoms with Crippen LogP contribution < -0.4 is 0 Å². The van der Waals surface area contributed by atoms with E-state index in [-0.39, 0.29) is 18.0 Å². The Hall–Kier alpha value is -2.01. The average molecular weight is 484 g/mol. The van der Waals surface area contributed by atoms with Crippen LogP contribution in [0.15, 0.2) is 53.9 Å². The summed E-state index contributed by atoms with van der Waals surface area (Å²) < 4.78 is 43.8. The summed E-state index contributed by atoms with van der Waals surface area (Å²) in [7, 11) is -2.84. The minimum absolute atomic E-state index is 0.0213. The van der Waals surface area contributed by atoms with E-state index in [1.807, 2.05) is 6.92 Å². The standard InChI is InChI=1S/C20H19Cl2N3O5S/c1-13-3-6-19(31(26,27)28-2)15(7-13)18-9-29-20(30-18,10-25-12-23-11-24-25)16-5-4-14(21)8-17(16)22/h3-8,11-12,18H,9-10H2,1-2H3/t18-,20+/m1/s1. The van der Waals surface area contributed by atoms with Gasteiger partial charge in [-0.25, -0.2) is 9.67 Å². The van der Waals surface area contributed by atoms with Crippen molar-refractivity contribution in [3.63, 3.8) is 0 Å². The zero-order valence-electron chi connectivity index (χ0n) is 16.7. The van der Waals surface area contributed by atoms with Crippen molar-refractivity contribution in [3.05, 3.63) is 75.8 Å². The molecule has 2 atom stereocenters. The van der Waals surface area contributed by atoms with Crippen LogP contribution in [0.5, 0.6) is 0 Å². The Bertz CT molecular complexity index is 1200. The van der Waals surface area contributed by atoms with Gasteiger partial charge in [0, 0.05) is 16.1 Å². The summed E-state index contributed by atoms with van der Waals surface area (Å²) in [5, 5.41) is 4.95. The minimum Gasteiger partial charge on any atom is -0.341 e. The highest BCUT2D eigenvalue weighted by atomic mass is 35.5. The summed E-state index contributed by atoms with van der Waals surface area (Å²) in [6, 6.07) is 9.93. The van der Waals surface area contributed by atoms with Crippen LogP contribution in [-0.4, -0.2) is 36.9 Å². The second kappa shape index (κ2) is 8.50. The highest BCUT2D eigenvalue weighted by Crippen LogP contribution is 2.45. The number of rotatable bonds is 6. The number of benzene rings is 2. The molecule has 1 aliphatic heterocycles. The fourth-order valence-electron chi connectivity index (χ4n) is 3.53. The van der Waals surface area contributed by atoms with Crippen LogP contribution in [0, 0.1) is 6.92 Å². The quantitative estimate of drug-likeness (QED) is 0.491. The molecule has 0 aliphatic carbocycles. The first-order valence-corrected chi connectivity index (χ1v) is 11.4. The lowest BCUT2D eigenvalue weighted by atomic mass is 10.0. The maximum Gasteiger partial charge on any atom is 0.297 e. The van der Waals surface area contributed by atoms with Crippen LogP contribution in [0.25, 0.3) is 0 Å². The SMILES string of the molecule is COS(=O)(=O)c1ccc(C)cc1[C@H]1CO[C@](Cn2cncn2)(c2ccc(Cl)cc2Cl)O1. The number of aryl methyl sites for hydroxylation is 1. The van der Waals surface area contributed by atoms with E-state index in [0.29, 0.717) is 21.2 Å². The Balaban J connectivity index is 1.79. The molecule has 164 valence electrons. The van der Waals surface area contributed by atoms with Crippen LogP contribution in [0.1, 0.15) is 22.8 Å². The van der Waals surface area contributed by atoms with Gasteiger partial charge in [-0.05, 0) is 25.1 Å². The highest BCUT2D eigenvalue weighted by Gasteiger charge is 2.47. The Morgan fingerprint density at radius 3 is 2.74 bits per heavy atom. The third-order valence-corrected chi connectivity index (χ3v) is 6.88. The predicted octanol–water partition coefficient (Wildman–Crippen LogP) is 3.87. The van der Waals surface area contributed by atoms with Crippen LogP contribution in [0.3, 0.4) is 0 Å². The van der Waals surface area contributed by atoms with Crippen molar-refractivity contribution in [2.75, 3.05) is 13.7 Å². The molecule has 0 radical (unpaired) electrons. The summed E-state index contributed by atoms with van der Waals surface area (Å²) in [6.45, 7) is 2.09. The van der Waals surface area contributed by atoms with E-state index >= 15 is 0 Å². The van der Waals surface area contributed by atoms with Gasteiger partial charge in [0.15, 0.2) is 0 Å². The largest absolute Gasteiger partial charge is 0.341 e. The third kappa shape index (κ3) is 4.34. The highest BCUT2D eigenvalue weighted by molar-refractivity contribution is 7.86. The molecule has 0 amide bonds. The molecular weight excluding hydrogens is 465 g/mol. The number of halogens is 2. The maximum atomic E-state index is 12.5. The average Bonchev–Trinajstić information content (AvgIpc) is 3.38. The Morgan fingerprint density at radius 2 is 2.06 bits per heavy atom. The van der Waals surface area contributed by atoms with E-state index in [2.05, 4.69) is 10.1 Å². The van der Waals surface area contributed by atoms with Crippen molar-refractivity contribution in [2.45, 2.75) is 30.3 Å². The van der Waals surface area contributed by atoms with Gasteiger partial charge in [0.05, 0.1) is 23.6 Å². The minimum atomic E-state index is -3.96. The van der Waals surface area contributed by atoms with E-state index in [1.165, 1.54) is 18.7 Å². The normalized spacial score (nSPS) is 21.5. The van der Waals surface area contributed by atoms with Gasteiger partial charge in [0.1, 0.15) is 25.3 Å². The van der Waals surface area contributed by atoms with Gasteiger partial charge in [-0.2, -0.15) is 13.5 Å². The monoisotopic (exact) mass is 483 g/mol. The Kier molecular flexibility index (Phi) is 6.08. The molecule has 0 N–H and O–H groups in total. The van der Waals surface area contributed by atoms with Crippen molar-refractivity contribution >= 4 is 33.3 Å². The molecule has 11 heteroatoms. The second-order valence-corrected chi connectivity index (χ2v) is 9.57. The molecule has 1 saturated heterocycles. The molecule has 31 heavy (non-hydrogen) atoms. The number of hydrogen-bond donors (Lipinski definition) is 0. The molecule has 0 unspecified atom stereocenters. The van der Waals surface area contributed by atoms with E-state index in [0.717, 1.165) is 12.7 Å². The molecule has 0 saturated carbocycles. The van der Waals surface area contributed by atoms with Crippen molar-refractivity contribution in [3.8, 4) is 0 Å². The number of ether oxygens (including phenoxy) is 2. The zero-order chi connectivity index (χ0) is 22.2. The van der Waals surface area contributed by atoms with Gasteiger partial charge in [-0.1, -0.05) is 47.0 Å². The molecule has 1 aromatic heterocycles. The topological polar surface area (TPSA) is 92.5 Å². The number of nitrogens with zero attached hydrogens (tertiary/aromatic N) is 3. The summed E-state index contributed by atoms with van der Waals surface area (Å²) >= 11 is 12.5. The summed E-state index contributed by atoms with van der Waals surface area (Å²) in [6.07, 6.45) is 2.22. The van der Waals surface area contributed by atoms with Gasteiger partial charge in [-0.3, -0.25) is 4.18 Å². The number of aromatic nitrogens is 3. The van der Waals surface area contributed by atoms with Gasteiger partial charge < -0.3 is 9.47 Å². The first-order valence-electron chi connectivity index (χ1n) is 9.25. The molecule has 1 fully saturated rings. The van der Waals surface area contributed by atoms with E-state index in [1.54, 1.807) is 35.0 Å². The summed E-state index contributed by atoms with van der Waals surface area (Å²) in [5.41, 5.74) is 1.85. The molecular formula is C20H19Cl2N3O5S. The Labute approximate surface area is 189 Å². The van der Waals surface area contributed by atoms with E-state index in [9.17, 15) is 8.42 Å². The molecule has 3 aromatic rings. The lowest BCUT2D eigenvalue weighted by Crippen LogP contribution is -2.33. The van der Waals surface area contributed by atoms with Crippen LogP contribution >= 0.6 is 23.2 Å². The first kappa shape index (κ1) is 22.2. The van der Waals surface area contributed by atoms with Crippen LogP contribution in [0.2, 0.25) is 10.0 Å². The Morgan fingerprint density at radius 1 is 1.26 bits per heavy atom. The molecule has 0 bridgehead atoms. The van der Waals surface area contributed by atoms with Crippen molar-refractivity contribution in [2.24, 2.45) is 0 Å². The molecule has 8 nitrogen and oxygen atoms in total. The second-order valence-electron chi connectivity index (χ2n) is 7.05. The number of hydrogen-bond acceptors (Lipinski definition) is 7.